The molecule has 7 heteroatoms. The summed E-state index contributed by atoms with van der Waals surface area (Å²) in [6.07, 6.45) is 2.66. The molecular weight excluding hydrogens is 325 g/mol. The van der Waals surface area contributed by atoms with Crippen molar-refractivity contribution in [1.29, 1.82) is 0 Å². The average Bonchev–Trinajstić information content (AvgIpc) is 2.64. The highest BCUT2D eigenvalue weighted by molar-refractivity contribution is 5.95. The van der Waals surface area contributed by atoms with E-state index in [1.165, 1.54) is 30.5 Å². The molecule has 25 heavy (non-hydrogen) atoms. The molecule has 1 aromatic carbocycles. The summed E-state index contributed by atoms with van der Waals surface area (Å²) in [6, 6.07) is 8.90. The summed E-state index contributed by atoms with van der Waals surface area (Å²) >= 11 is 0. The highest BCUT2D eigenvalue weighted by Gasteiger charge is 2.25. The first-order valence-corrected chi connectivity index (χ1v) is 8.00. The molecule has 0 aliphatic carbocycles. The maximum Gasteiger partial charge on any atom is 0.272 e. The summed E-state index contributed by atoms with van der Waals surface area (Å²) in [5, 5.41) is 0. The number of hydrogen-bond acceptors (Lipinski definition) is 4. The monoisotopic (exact) mass is 343 g/mol. The summed E-state index contributed by atoms with van der Waals surface area (Å²) in [4.78, 5) is 29.2. The quantitative estimate of drug-likeness (QED) is 0.920. The Balaban J connectivity index is 1.55. The molecule has 1 aromatic heterocycles. The maximum atomic E-state index is 12.9. The SMILES string of the molecule is NC(=O)c1ccc(C(=O)N2CCC(Oc3ccc(F)cc3)CC2)nc1. The maximum absolute atomic E-state index is 12.9. The molecule has 1 saturated heterocycles. The summed E-state index contributed by atoms with van der Waals surface area (Å²) in [5.41, 5.74) is 5.71. The first-order chi connectivity index (χ1) is 12.0. The zero-order valence-electron chi connectivity index (χ0n) is 13.5. The van der Waals surface area contributed by atoms with Crippen LogP contribution in [0.25, 0.3) is 0 Å². The fourth-order valence-electron chi connectivity index (χ4n) is 2.71. The fraction of sp³-hybridized carbons (Fsp3) is 0.278. The third kappa shape index (κ3) is 4.12. The van der Waals surface area contributed by atoms with Crippen LogP contribution in [0.5, 0.6) is 5.75 Å². The van der Waals surface area contributed by atoms with Crippen molar-refractivity contribution in [2.24, 2.45) is 5.73 Å². The van der Waals surface area contributed by atoms with E-state index in [1.54, 1.807) is 17.0 Å². The Hall–Kier alpha value is -2.96. The molecule has 0 radical (unpaired) electrons. The second-order valence-electron chi connectivity index (χ2n) is 5.86. The molecule has 0 unspecified atom stereocenters. The van der Waals surface area contributed by atoms with Crippen molar-refractivity contribution >= 4 is 11.8 Å². The molecule has 2 heterocycles. The van der Waals surface area contributed by atoms with Gasteiger partial charge in [0.1, 0.15) is 23.4 Å². The molecule has 2 amide bonds. The molecule has 1 aliphatic heterocycles. The van der Waals surface area contributed by atoms with Crippen molar-refractivity contribution < 1.29 is 18.7 Å². The highest BCUT2D eigenvalue weighted by Crippen LogP contribution is 2.20. The highest BCUT2D eigenvalue weighted by atomic mass is 19.1. The van der Waals surface area contributed by atoms with Crippen molar-refractivity contribution in [2.75, 3.05) is 13.1 Å². The van der Waals surface area contributed by atoms with Gasteiger partial charge in [-0.3, -0.25) is 14.6 Å². The Bertz CT molecular complexity index is 754. The number of halogens is 1. The smallest absolute Gasteiger partial charge is 0.272 e. The van der Waals surface area contributed by atoms with Gasteiger partial charge in [0.05, 0.1) is 5.56 Å². The van der Waals surface area contributed by atoms with Crippen LogP contribution in [0.4, 0.5) is 4.39 Å². The number of rotatable bonds is 4. The van der Waals surface area contributed by atoms with Gasteiger partial charge in [0.25, 0.3) is 5.91 Å². The van der Waals surface area contributed by atoms with Crippen molar-refractivity contribution in [3.05, 3.63) is 59.7 Å². The van der Waals surface area contributed by atoms with E-state index in [9.17, 15) is 14.0 Å². The third-order valence-corrected chi connectivity index (χ3v) is 4.11. The summed E-state index contributed by atoms with van der Waals surface area (Å²) in [6.45, 7) is 1.09. The van der Waals surface area contributed by atoms with Crippen LogP contribution in [0.1, 0.15) is 33.7 Å². The average molecular weight is 343 g/mol. The van der Waals surface area contributed by atoms with Gasteiger partial charge in [-0.2, -0.15) is 0 Å². The van der Waals surface area contributed by atoms with E-state index in [4.69, 9.17) is 10.5 Å². The molecule has 0 atom stereocenters. The van der Waals surface area contributed by atoms with E-state index in [2.05, 4.69) is 4.98 Å². The van der Waals surface area contributed by atoms with E-state index >= 15 is 0 Å². The topological polar surface area (TPSA) is 85.5 Å². The Morgan fingerprint density at radius 3 is 2.36 bits per heavy atom. The van der Waals surface area contributed by atoms with Gasteiger partial charge in [-0.05, 0) is 36.4 Å². The van der Waals surface area contributed by atoms with Crippen molar-refractivity contribution in [3.63, 3.8) is 0 Å². The normalized spacial score (nSPS) is 15.0. The fourth-order valence-corrected chi connectivity index (χ4v) is 2.71. The summed E-state index contributed by atoms with van der Waals surface area (Å²) < 4.78 is 18.7. The first kappa shape index (κ1) is 16.9. The Kier molecular flexibility index (Phi) is 4.92. The number of amides is 2. The van der Waals surface area contributed by atoms with Crippen LogP contribution in [0.3, 0.4) is 0 Å². The summed E-state index contributed by atoms with van der Waals surface area (Å²) in [7, 11) is 0. The minimum Gasteiger partial charge on any atom is -0.490 e. The van der Waals surface area contributed by atoms with Crippen LogP contribution >= 0.6 is 0 Å². The van der Waals surface area contributed by atoms with Crippen LogP contribution < -0.4 is 10.5 Å². The number of pyridine rings is 1. The zero-order chi connectivity index (χ0) is 17.8. The number of aromatic nitrogens is 1. The number of benzene rings is 1. The van der Waals surface area contributed by atoms with Crippen LogP contribution in [-0.2, 0) is 0 Å². The number of nitrogens with zero attached hydrogens (tertiary/aromatic N) is 2. The standard InChI is InChI=1S/C18H18FN3O3/c19-13-2-4-14(5-3-13)25-15-7-9-22(10-8-15)18(24)16-6-1-12(11-21-16)17(20)23/h1-6,11,15H,7-10H2,(H2,20,23). The molecule has 0 spiro atoms. The van der Waals surface area contributed by atoms with Gasteiger partial charge in [0, 0.05) is 32.1 Å². The Labute approximate surface area is 144 Å². The number of hydrogen-bond donors (Lipinski definition) is 1. The van der Waals surface area contributed by atoms with Gasteiger partial charge in [0.15, 0.2) is 0 Å². The van der Waals surface area contributed by atoms with Gasteiger partial charge in [-0.25, -0.2) is 4.39 Å². The number of nitrogens with two attached hydrogens (primary N) is 1. The number of carbonyl (C=O) groups is 2. The predicted molar refractivity (Wildman–Crippen MR) is 88.7 cm³/mol. The lowest BCUT2D eigenvalue weighted by Gasteiger charge is -2.32. The molecule has 1 fully saturated rings. The minimum absolute atomic E-state index is 0.0142. The molecule has 3 rings (SSSR count). The van der Waals surface area contributed by atoms with Gasteiger partial charge in [-0.1, -0.05) is 0 Å². The van der Waals surface area contributed by atoms with Gasteiger partial charge < -0.3 is 15.4 Å². The lowest BCUT2D eigenvalue weighted by Crippen LogP contribution is -2.42. The minimum atomic E-state index is -0.578. The van der Waals surface area contributed by atoms with Crippen LogP contribution in [-0.4, -0.2) is 40.9 Å². The molecule has 0 saturated carbocycles. The number of primary amides is 1. The van der Waals surface area contributed by atoms with E-state index < -0.39 is 5.91 Å². The Morgan fingerprint density at radius 2 is 1.80 bits per heavy atom. The zero-order valence-corrected chi connectivity index (χ0v) is 13.5. The van der Waals surface area contributed by atoms with Gasteiger partial charge >= 0.3 is 0 Å². The van der Waals surface area contributed by atoms with E-state index in [0.29, 0.717) is 31.7 Å². The first-order valence-electron chi connectivity index (χ1n) is 8.00. The molecule has 2 N–H and O–H groups in total. The van der Waals surface area contributed by atoms with Gasteiger partial charge in [-0.15, -0.1) is 0 Å². The molecule has 0 bridgehead atoms. The van der Waals surface area contributed by atoms with Crippen molar-refractivity contribution in [1.82, 2.24) is 9.88 Å². The summed E-state index contributed by atoms with van der Waals surface area (Å²) in [5.74, 6) is -0.445. The number of piperidine rings is 1. The third-order valence-electron chi connectivity index (χ3n) is 4.11. The van der Waals surface area contributed by atoms with E-state index in [-0.39, 0.29) is 29.1 Å². The van der Waals surface area contributed by atoms with Crippen LogP contribution in [0.2, 0.25) is 0 Å². The number of likely N-dealkylation sites (tertiary alicyclic amines) is 1. The Morgan fingerprint density at radius 1 is 1.12 bits per heavy atom. The lowest BCUT2D eigenvalue weighted by molar-refractivity contribution is 0.0589. The molecule has 6 nitrogen and oxygen atoms in total. The van der Waals surface area contributed by atoms with Crippen LogP contribution in [0, 0.1) is 5.82 Å². The predicted octanol–water partition coefficient (Wildman–Crippen LogP) is 2.00. The molecule has 1 aliphatic rings. The molecular formula is C18H18FN3O3. The largest absolute Gasteiger partial charge is 0.490 e. The van der Waals surface area contributed by atoms with Gasteiger partial charge in [0.2, 0.25) is 5.91 Å². The lowest BCUT2D eigenvalue weighted by atomic mass is 10.1. The van der Waals surface area contributed by atoms with Crippen molar-refractivity contribution in [2.45, 2.75) is 18.9 Å². The van der Waals surface area contributed by atoms with E-state index in [0.717, 1.165) is 0 Å². The van der Waals surface area contributed by atoms with E-state index in [1.807, 2.05) is 0 Å². The number of ether oxygens (including phenoxy) is 1. The second kappa shape index (κ2) is 7.29. The van der Waals surface area contributed by atoms with Crippen LogP contribution in [0.15, 0.2) is 42.6 Å². The molecule has 130 valence electrons. The molecule has 2 aromatic rings. The second-order valence-corrected chi connectivity index (χ2v) is 5.86. The number of carbonyl (C=O) groups excluding carboxylic acids is 2. The van der Waals surface area contributed by atoms with Crippen molar-refractivity contribution in [3.8, 4) is 5.75 Å².